The SMILES string of the molecule is O=C(CNC(=O)c1ccoc1)NCCN1C(=O)S/C(=C\c2ccc(F)cc2)C1=O. The lowest BCUT2D eigenvalue weighted by Gasteiger charge is -2.13. The zero-order valence-corrected chi connectivity index (χ0v) is 15.8. The number of imide groups is 1. The lowest BCUT2D eigenvalue weighted by molar-refractivity contribution is -0.124. The fraction of sp³-hybridized carbons (Fsp3) is 0.158. The van der Waals surface area contributed by atoms with Crippen LogP contribution in [0.2, 0.25) is 0 Å². The molecule has 0 spiro atoms. The third-order valence-corrected chi connectivity index (χ3v) is 4.80. The van der Waals surface area contributed by atoms with Crippen LogP contribution >= 0.6 is 11.8 Å². The fourth-order valence-electron chi connectivity index (χ4n) is 2.43. The van der Waals surface area contributed by atoms with Crippen LogP contribution in [0.15, 0.2) is 52.2 Å². The Hall–Kier alpha value is -3.40. The molecule has 2 heterocycles. The van der Waals surface area contributed by atoms with Crippen molar-refractivity contribution in [3.8, 4) is 0 Å². The number of rotatable bonds is 7. The number of thioether (sulfide) groups is 1. The molecule has 0 saturated carbocycles. The van der Waals surface area contributed by atoms with Crippen LogP contribution < -0.4 is 10.6 Å². The Bertz CT molecular complexity index is 957. The second-order valence-corrected chi connectivity index (χ2v) is 6.92. The number of carbonyl (C=O) groups is 4. The maximum absolute atomic E-state index is 13.0. The minimum atomic E-state index is -0.480. The minimum Gasteiger partial charge on any atom is -0.472 e. The van der Waals surface area contributed by atoms with E-state index in [2.05, 4.69) is 10.6 Å². The molecule has 0 unspecified atom stereocenters. The molecule has 0 atom stereocenters. The van der Waals surface area contributed by atoms with E-state index in [9.17, 15) is 23.6 Å². The molecule has 2 N–H and O–H groups in total. The molecule has 1 aromatic heterocycles. The topological polar surface area (TPSA) is 109 Å². The summed E-state index contributed by atoms with van der Waals surface area (Å²) in [5.74, 6) is -1.79. The summed E-state index contributed by atoms with van der Waals surface area (Å²) in [4.78, 5) is 49.2. The average molecular weight is 417 g/mol. The maximum Gasteiger partial charge on any atom is 0.293 e. The van der Waals surface area contributed by atoms with Gasteiger partial charge in [0.1, 0.15) is 12.1 Å². The van der Waals surface area contributed by atoms with Gasteiger partial charge in [0.2, 0.25) is 5.91 Å². The van der Waals surface area contributed by atoms with E-state index in [1.807, 2.05) is 0 Å². The van der Waals surface area contributed by atoms with Crippen molar-refractivity contribution in [2.45, 2.75) is 0 Å². The second kappa shape index (κ2) is 9.20. The highest BCUT2D eigenvalue weighted by atomic mass is 32.2. The Morgan fingerprint density at radius 1 is 1.14 bits per heavy atom. The molecule has 3 rings (SSSR count). The normalized spacial score (nSPS) is 15.1. The molecule has 1 aromatic carbocycles. The summed E-state index contributed by atoms with van der Waals surface area (Å²) in [5.41, 5.74) is 0.891. The van der Waals surface area contributed by atoms with Crippen LogP contribution in [0.5, 0.6) is 0 Å². The van der Waals surface area contributed by atoms with Crippen LogP contribution in [0.1, 0.15) is 15.9 Å². The van der Waals surface area contributed by atoms with Gasteiger partial charge >= 0.3 is 0 Å². The van der Waals surface area contributed by atoms with Gasteiger partial charge in [-0.1, -0.05) is 12.1 Å². The molecular formula is C19H16FN3O5S. The van der Waals surface area contributed by atoms with Gasteiger partial charge in [-0.15, -0.1) is 0 Å². The van der Waals surface area contributed by atoms with E-state index in [4.69, 9.17) is 4.42 Å². The standard InChI is InChI=1S/C19H16FN3O5S/c20-14-3-1-12(2-4-14)9-15-18(26)23(19(27)29-15)7-6-21-16(24)10-22-17(25)13-5-8-28-11-13/h1-5,8-9,11H,6-7,10H2,(H,21,24)(H,22,25)/b15-9-. The first kappa shape index (κ1) is 20.3. The average Bonchev–Trinajstić information content (AvgIpc) is 3.32. The van der Waals surface area contributed by atoms with Crippen molar-refractivity contribution in [1.82, 2.24) is 15.5 Å². The van der Waals surface area contributed by atoms with Crippen molar-refractivity contribution in [1.29, 1.82) is 0 Å². The summed E-state index contributed by atoms with van der Waals surface area (Å²) in [6.45, 7) is -0.217. The number of carbonyl (C=O) groups excluding carboxylic acids is 4. The molecule has 8 nitrogen and oxygen atoms in total. The highest BCUT2D eigenvalue weighted by molar-refractivity contribution is 8.18. The van der Waals surface area contributed by atoms with Crippen LogP contribution in [0, 0.1) is 5.82 Å². The maximum atomic E-state index is 13.0. The second-order valence-electron chi connectivity index (χ2n) is 5.93. The van der Waals surface area contributed by atoms with E-state index < -0.39 is 28.8 Å². The van der Waals surface area contributed by atoms with Crippen LogP contribution in [-0.2, 0) is 9.59 Å². The predicted octanol–water partition coefficient (Wildman–Crippen LogP) is 2.00. The molecule has 0 bridgehead atoms. The van der Waals surface area contributed by atoms with Gasteiger partial charge in [0.05, 0.1) is 23.3 Å². The lowest BCUT2D eigenvalue weighted by atomic mass is 10.2. The molecule has 0 radical (unpaired) electrons. The summed E-state index contributed by atoms with van der Waals surface area (Å²) in [6, 6.07) is 6.99. The molecule has 1 aliphatic rings. The number of nitrogens with one attached hydrogen (secondary N) is 2. The number of halogens is 1. The molecule has 2 aromatic rings. The number of hydrogen-bond donors (Lipinski definition) is 2. The number of benzene rings is 1. The van der Waals surface area contributed by atoms with Crippen molar-refractivity contribution in [2.75, 3.05) is 19.6 Å². The molecule has 150 valence electrons. The zero-order valence-electron chi connectivity index (χ0n) is 15.0. The van der Waals surface area contributed by atoms with Crippen molar-refractivity contribution in [2.24, 2.45) is 0 Å². The van der Waals surface area contributed by atoms with Gasteiger partial charge in [0.15, 0.2) is 0 Å². The van der Waals surface area contributed by atoms with Crippen molar-refractivity contribution in [3.63, 3.8) is 0 Å². The quantitative estimate of drug-likeness (QED) is 0.667. The summed E-state index contributed by atoms with van der Waals surface area (Å²) in [6.07, 6.45) is 4.11. The summed E-state index contributed by atoms with van der Waals surface area (Å²) in [7, 11) is 0. The lowest BCUT2D eigenvalue weighted by Crippen LogP contribution is -2.41. The molecule has 0 aliphatic carbocycles. The monoisotopic (exact) mass is 417 g/mol. The summed E-state index contributed by atoms with van der Waals surface area (Å²) in [5, 5.41) is 4.50. The van der Waals surface area contributed by atoms with E-state index >= 15 is 0 Å². The van der Waals surface area contributed by atoms with Gasteiger partial charge in [-0.3, -0.25) is 24.1 Å². The number of hydrogen-bond acceptors (Lipinski definition) is 6. The minimum absolute atomic E-state index is 0.00710. The Kier molecular flexibility index (Phi) is 6.45. The van der Waals surface area contributed by atoms with Crippen LogP contribution in [0.4, 0.5) is 9.18 Å². The van der Waals surface area contributed by atoms with Gasteiger partial charge in [0.25, 0.3) is 17.1 Å². The molecular weight excluding hydrogens is 401 g/mol. The van der Waals surface area contributed by atoms with Gasteiger partial charge in [0, 0.05) is 13.1 Å². The molecule has 10 heteroatoms. The molecule has 1 fully saturated rings. The highest BCUT2D eigenvalue weighted by Gasteiger charge is 2.34. The van der Waals surface area contributed by atoms with Crippen molar-refractivity contribution < 1.29 is 28.0 Å². The number of amides is 4. The highest BCUT2D eigenvalue weighted by Crippen LogP contribution is 2.31. The van der Waals surface area contributed by atoms with E-state index in [1.165, 1.54) is 48.9 Å². The molecule has 29 heavy (non-hydrogen) atoms. The van der Waals surface area contributed by atoms with Gasteiger partial charge in [-0.05, 0) is 41.6 Å². The van der Waals surface area contributed by atoms with Crippen molar-refractivity contribution in [3.05, 3.63) is 64.7 Å². The summed E-state index contributed by atoms with van der Waals surface area (Å²) >= 11 is 0.779. The smallest absolute Gasteiger partial charge is 0.293 e. The molecule has 4 amide bonds. The van der Waals surface area contributed by atoms with Gasteiger partial charge in [-0.2, -0.15) is 0 Å². The Labute approximate surface area is 169 Å². The van der Waals surface area contributed by atoms with Crippen LogP contribution in [-0.4, -0.2) is 47.5 Å². The van der Waals surface area contributed by atoms with E-state index in [-0.39, 0.29) is 24.5 Å². The van der Waals surface area contributed by atoms with Gasteiger partial charge < -0.3 is 15.1 Å². The first-order chi connectivity index (χ1) is 13.9. The Morgan fingerprint density at radius 3 is 2.59 bits per heavy atom. The molecule has 1 saturated heterocycles. The van der Waals surface area contributed by atoms with Crippen molar-refractivity contribution >= 4 is 40.8 Å². The summed E-state index contributed by atoms with van der Waals surface area (Å²) < 4.78 is 17.7. The Morgan fingerprint density at radius 2 is 1.90 bits per heavy atom. The fourth-order valence-corrected chi connectivity index (χ4v) is 3.29. The van der Waals surface area contributed by atoms with E-state index in [0.29, 0.717) is 11.1 Å². The third kappa shape index (κ3) is 5.32. The van der Waals surface area contributed by atoms with Gasteiger partial charge in [-0.25, -0.2) is 4.39 Å². The van der Waals surface area contributed by atoms with Crippen LogP contribution in [0.3, 0.4) is 0 Å². The third-order valence-electron chi connectivity index (χ3n) is 3.89. The number of furan rings is 1. The largest absolute Gasteiger partial charge is 0.472 e. The number of nitrogens with zero attached hydrogens (tertiary/aromatic N) is 1. The van der Waals surface area contributed by atoms with Crippen LogP contribution in [0.25, 0.3) is 6.08 Å². The molecule has 1 aliphatic heterocycles. The first-order valence-corrected chi connectivity index (χ1v) is 9.34. The predicted molar refractivity (Wildman–Crippen MR) is 103 cm³/mol. The zero-order chi connectivity index (χ0) is 20.8. The Balaban J connectivity index is 1.46. The van der Waals surface area contributed by atoms with E-state index in [0.717, 1.165) is 16.7 Å². The van der Waals surface area contributed by atoms with E-state index in [1.54, 1.807) is 0 Å². The first-order valence-electron chi connectivity index (χ1n) is 8.52.